The van der Waals surface area contributed by atoms with Crippen molar-refractivity contribution in [1.29, 1.82) is 0 Å². The zero-order valence-corrected chi connectivity index (χ0v) is 15.1. The fourth-order valence-electron chi connectivity index (χ4n) is 3.36. The van der Waals surface area contributed by atoms with E-state index in [1.165, 1.54) is 16.7 Å². The van der Waals surface area contributed by atoms with Crippen LogP contribution < -0.4 is 5.73 Å². The molecule has 0 aliphatic rings. The van der Waals surface area contributed by atoms with Gasteiger partial charge < -0.3 is 5.73 Å². The monoisotopic (exact) mass is 355 g/mol. The standard InChI is InChI=1S/C21H21NS.ClH/c22-16-20(23)21(17-10-4-1-5-11-17,18-12-6-2-7-13-18)19-14-8-3-9-15-19;/h1-15,20,23H,16,22H2;1H. The molecule has 2 N–H and O–H groups in total. The number of thiol groups is 1. The molecule has 3 rings (SSSR count). The van der Waals surface area contributed by atoms with Crippen molar-refractivity contribution in [3.8, 4) is 0 Å². The van der Waals surface area contributed by atoms with E-state index in [9.17, 15) is 0 Å². The number of hydrogen-bond acceptors (Lipinski definition) is 2. The first-order valence-electron chi connectivity index (χ1n) is 7.85. The van der Waals surface area contributed by atoms with Crippen molar-refractivity contribution in [3.63, 3.8) is 0 Å². The maximum atomic E-state index is 6.09. The summed E-state index contributed by atoms with van der Waals surface area (Å²) in [5.41, 5.74) is 9.35. The largest absolute Gasteiger partial charge is 0.329 e. The van der Waals surface area contributed by atoms with Crippen LogP contribution in [0.25, 0.3) is 0 Å². The van der Waals surface area contributed by atoms with Gasteiger partial charge >= 0.3 is 0 Å². The summed E-state index contributed by atoms with van der Waals surface area (Å²) in [5, 5.41) is -0.0327. The summed E-state index contributed by atoms with van der Waals surface area (Å²) in [5.74, 6) is 0. The lowest BCUT2D eigenvalue weighted by Gasteiger charge is -2.40. The first kappa shape index (κ1) is 18.6. The lowest BCUT2D eigenvalue weighted by Crippen LogP contribution is -2.43. The van der Waals surface area contributed by atoms with Crippen LogP contribution in [0.1, 0.15) is 16.7 Å². The number of rotatable bonds is 5. The number of halogens is 1. The molecule has 0 fully saturated rings. The number of hydrogen-bond donors (Lipinski definition) is 2. The Morgan fingerprint density at radius 3 is 1.21 bits per heavy atom. The molecule has 0 aromatic heterocycles. The van der Waals surface area contributed by atoms with E-state index in [-0.39, 0.29) is 23.1 Å². The normalized spacial score (nSPS) is 12.2. The SMILES string of the molecule is Cl.NCC(S)C(c1ccccc1)(c1ccccc1)c1ccccc1. The highest BCUT2D eigenvalue weighted by atomic mass is 35.5. The Balaban J connectivity index is 0.00000208. The van der Waals surface area contributed by atoms with Gasteiger partial charge in [0, 0.05) is 11.8 Å². The van der Waals surface area contributed by atoms with E-state index < -0.39 is 0 Å². The van der Waals surface area contributed by atoms with Crippen LogP contribution in [0.2, 0.25) is 0 Å². The molecule has 0 saturated carbocycles. The minimum Gasteiger partial charge on any atom is -0.329 e. The minimum absolute atomic E-state index is 0. The van der Waals surface area contributed by atoms with Gasteiger partial charge in [-0.2, -0.15) is 12.6 Å². The second-order valence-corrected chi connectivity index (χ2v) is 6.28. The molecule has 0 heterocycles. The van der Waals surface area contributed by atoms with Crippen LogP contribution in [0.5, 0.6) is 0 Å². The first-order chi connectivity index (χ1) is 11.3. The summed E-state index contributed by atoms with van der Waals surface area (Å²) < 4.78 is 0. The van der Waals surface area contributed by atoms with E-state index in [1.54, 1.807) is 0 Å². The molecule has 0 radical (unpaired) electrons. The molecule has 0 aliphatic heterocycles. The highest BCUT2D eigenvalue weighted by Crippen LogP contribution is 2.43. The summed E-state index contributed by atoms with van der Waals surface area (Å²) in [6, 6.07) is 31.6. The van der Waals surface area contributed by atoms with Gasteiger partial charge in [0.1, 0.15) is 0 Å². The van der Waals surface area contributed by atoms with Gasteiger partial charge in [0.15, 0.2) is 0 Å². The van der Waals surface area contributed by atoms with Crippen molar-refractivity contribution in [2.24, 2.45) is 5.73 Å². The smallest absolute Gasteiger partial charge is 0.0579 e. The molecular formula is C21H22ClNS. The Morgan fingerprint density at radius 2 is 0.958 bits per heavy atom. The molecule has 1 atom stereocenters. The van der Waals surface area contributed by atoms with Crippen molar-refractivity contribution in [2.75, 3.05) is 6.54 Å². The Morgan fingerprint density at radius 1 is 0.667 bits per heavy atom. The highest BCUT2D eigenvalue weighted by molar-refractivity contribution is 7.81. The molecule has 3 heteroatoms. The molecule has 0 bridgehead atoms. The van der Waals surface area contributed by atoms with Gasteiger partial charge in [-0.1, -0.05) is 91.0 Å². The van der Waals surface area contributed by atoms with Crippen LogP contribution in [0.4, 0.5) is 0 Å². The van der Waals surface area contributed by atoms with Gasteiger partial charge in [0.05, 0.1) is 5.41 Å². The number of benzene rings is 3. The second-order valence-electron chi connectivity index (χ2n) is 5.66. The molecular weight excluding hydrogens is 334 g/mol. The molecule has 24 heavy (non-hydrogen) atoms. The second kappa shape index (κ2) is 8.39. The lowest BCUT2D eigenvalue weighted by molar-refractivity contribution is 0.587. The molecule has 1 unspecified atom stereocenters. The predicted octanol–water partition coefficient (Wildman–Crippen LogP) is 4.70. The Hall–Kier alpha value is -1.74. The predicted molar refractivity (Wildman–Crippen MR) is 108 cm³/mol. The van der Waals surface area contributed by atoms with Crippen LogP contribution >= 0.6 is 25.0 Å². The maximum Gasteiger partial charge on any atom is 0.0579 e. The zero-order valence-electron chi connectivity index (χ0n) is 13.4. The topological polar surface area (TPSA) is 26.0 Å². The van der Waals surface area contributed by atoms with Crippen molar-refractivity contribution in [3.05, 3.63) is 108 Å². The van der Waals surface area contributed by atoms with E-state index in [0.717, 1.165) is 0 Å². The van der Waals surface area contributed by atoms with Crippen molar-refractivity contribution in [2.45, 2.75) is 10.7 Å². The van der Waals surface area contributed by atoms with Crippen molar-refractivity contribution < 1.29 is 0 Å². The van der Waals surface area contributed by atoms with Crippen molar-refractivity contribution in [1.82, 2.24) is 0 Å². The summed E-state index contributed by atoms with van der Waals surface area (Å²) in [7, 11) is 0. The third-order valence-electron chi connectivity index (χ3n) is 4.41. The lowest BCUT2D eigenvalue weighted by atomic mass is 9.67. The van der Waals surface area contributed by atoms with E-state index >= 15 is 0 Å². The van der Waals surface area contributed by atoms with Gasteiger partial charge in [0.2, 0.25) is 0 Å². The Bertz CT molecular complexity index is 635. The fourth-order valence-corrected chi connectivity index (χ4v) is 3.80. The van der Waals surface area contributed by atoms with Gasteiger partial charge in [-0.15, -0.1) is 12.4 Å². The maximum absolute atomic E-state index is 6.09. The molecule has 0 aliphatic carbocycles. The zero-order chi connectivity index (χ0) is 16.1. The van der Waals surface area contributed by atoms with Crippen LogP contribution in [0.15, 0.2) is 91.0 Å². The van der Waals surface area contributed by atoms with E-state index in [0.29, 0.717) is 6.54 Å². The van der Waals surface area contributed by atoms with Crippen LogP contribution in [0, 0.1) is 0 Å². The average Bonchev–Trinajstić information content (AvgIpc) is 2.65. The molecule has 0 saturated heterocycles. The van der Waals surface area contributed by atoms with Gasteiger partial charge in [-0.25, -0.2) is 0 Å². The van der Waals surface area contributed by atoms with Crippen LogP contribution in [-0.4, -0.2) is 11.8 Å². The Kier molecular flexibility index (Phi) is 6.50. The van der Waals surface area contributed by atoms with E-state index in [2.05, 4.69) is 72.8 Å². The number of nitrogens with two attached hydrogens (primary N) is 1. The van der Waals surface area contributed by atoms with Gasteiger partial charge in [-0.05, 0) is 16.7 Å². The molecule has 124 valence electrons. The third kappa shape index (κ3) is 3.23. The highest BCUT2D eigenvalue weighted by Gasteiger charge is 2.41. The molecule has 3 aromatic rings. The van der Waals surface area contributed by atoms with E-state index in [4.69, 9.17) is 18.4 Å². The molecule has 0 spiro atoms. The molecule has 0 amide bonds. The summed E-state index contributed by atoms with van der Waals surface area (Å²) in [6.07, 6.45) is 0. The van der Waals surface area contributed by atoms with E-state index in [1.807, 2.05) is 18.2 Å². The van der Waals surface area contributed by atoms with Gasteiger partial charge in [0.25, 0.3) is 0 Å². The minimum atomic E-state index is -0.373. The fraction of sp³-hybridized carbons (Fsp3) is 0.143. The molecule has 3 aromatic carbocycles. The third-order valence-corrected chi connectivity index (χ3v) is 5.01. The quantitative estimate of drug-likeness (QED) is 0.503. The average molecular weight is 356 g/mol. The summed E-state index contributed by atoms with van der Waals surface area (Å²) in [6.45, 7) is 0.488. The van der Waals surface area contributed by atoms with Gasteiger partial charge in [-0.3, -0.25) is 0 Å². The summed E-state index contributed by atoms with van der Waals surface area (Å²) >= 11 is 4.92. The van der Waals surface area contributed by atoms with Crippen LogP contribution in [0.3, 0.4) is 0 Å². The van der Waals surface area contributed by atoms with Crippen LogP contribution in [-0.2, 0) is 5.41 Å². The Labute approximate surface area is 155 Å². The van der Waals surface area contributed by atoms with Crippen molar-refractivity contribution >= 4 is 25.0 Å². The summed E-state index contributed by atoms with van der Waals surface area (Å²) in [4.78, 5) is 0. The first-order valence-corrected chi connectivity index (χ1v) is 8.36. The molecule has 1 nitrogen and oxygen atoms in total.